The van der Waals surface area contributed by atoms with Crippen LogP contribution in [0.15, 0.2) is 33.2 Å². The number of thiazole rings is 1. The minimum Gasteiger partial charge on any atom is -0.482 e. The van der Waals surface area contributed by atoms with Crippen molar-refractivity contribution in [3.05, 3.63) is 61.3 Å². The molecule has 6 nitrogen and oxygen atoms in total. The number of aryl methyl sites for hydroxylation is 5. The van der Waals surface area contributed by atoms with Crippen molar-refractivity contribution in [2.75, 3.05) is 11.9 Å². The van der Waals surface area contributed by atoms with Gasteiger partial charge in [0.15, 0.2) is 6.61 Å². The monoisotopic (exact) mass is 576 g/mol. The van der Waals surface area contributed by atoms with Gasteiger partial charge in [-0.2, -0.15) is 5.10 Å². The van der Waals surface area contributed by atoms with Crippen molar-refractivity contribution in [2.24, 2.45) is 0 Å². The van der Waals surface area contributed by atoms with Gasteiger partial charge in [0, 0.05) is 15.9 Å². The molecule has 166 valence electrons. The van der Waals surface area contributed by atoms with E-state index < -0.39 is 0 Å². The van der Waals surface area contributed by atoms with Gasteiger partial charge in [0.25, 0.3) is 5.91 Å². The zero-order valence-electron chi connectivity index (χ0n) is 18.3. The van der Waals surface area contributed by atoms with Crippen molar-refractivity contribution < 1.29 is 9.53 Å². The molecule has 9 heteroatoms. The first-order valence-corrected chi connectivity index (χ1v) is 12.4. The van der Waals surface area contributed by atoms with Crippen LogP contribution in [0.25, 0.3) is 15.3 Å². The maximum absolute atomic E-state index is 12.7. The fraction of sp³-hybridized carbons (Fsp3) is 0.261. The minimum absolute atomic E-state index is 0.0856. The summed E-state index contributed by atoms with van der Waals surface area (Å²) in [6, 6.07) is 7.87. The second-order valence-corrected chi connectivity index (χ2v) is 10.5. The molecular formula is C23H22Br2N4O2S. The Kier molecular flexibility index (Phi) is 6.42. The fourth-order valence-electron chi connectivity index (χ4n) is 3.66. The lowest BCUT2D eigenvalue weighted by Gasteiger charge is -2.14. The molecule has 0 saturated carbocycles. The number of carbonyl (C=O) groups excluding carboxylic acids is 1. The number of anilines is 1. The van der Waals surface area contributed by atoms with E-state index in [2.05, 4.69) is 42.3 Å². The molecule has 32 heavy (non-hydrogen) atoms. The van der Waals surface area contributed by atoms with Crippen LogP contribution in [-0.2, 0) is 4.79 Å². The molecule has 2 aromatic heterocycles. The molecule has 4 aromatic rings. The number of nitrogens with one attached hydrogen (secondary N) is 1. The van der Waals surface area contributed by atoms with Crippen molar-refractivity contribution in [3.63, 3.8) is 0 Å². The van der Waals surface area contributed by atoms with Crippen molar-refractivity contribution in [2.45, 2.75) is 34.6 Å². The Bertz CT molecular complexity index is 1340. The second-order valence-electron chi connectivity index (χ2n) is 7.75. The summed E-state index contributed by atoms with van der Waals surface area (Å²) >= 11 is 8.51. The number of hydrogen-bond donors (Lipinski definition) is 1. The topological polar surface area (TPSA) is 69.0 Å². The molecule has 2 aromatic carbocycles. The molecule has 0 spiro atoms. The van der Waals surface area contributed by atoms with Crippen LogP contribution in [0.4, 0.5) is 5.69 Å². The average molecular weight is 578 g/mol. The Labute approximate surface area is 207 Å². The first-order valence-electron chi connectivity index (χ1n) is 9.96. The highest BCUT2D eigenvalue weighted by atomic mass is 79.9. The van der Waals surface area contributed by atoms with E-state index in [9.17, 15) is 4.79 Å². The van der Waals surface area contributed by atoms with Gasteiger partial charge in [0.2, 0.25) is 5.13 Å². The molecule has 0 bridgehead atoms. The Hall–Kier alpha value is -2.23. The maximum Gasteiger partial charge on any atom is 0.262 e. The summed E-state index contributed by atoms with van der Waals surface area (Å²) in [5.74, 6) is 0.442. The number of benzene rings is 2. The van der Waals surface area contributed by atoms with E-state index in [4.69, 9.17) is 9.72 Å². The first-order chi connectivity index (χ1) is 15.1. The normalized spacial score (nSPS) is 11.2. The van der Waals surface area contributed by atoms with Gasteiger partial charge in [0.1, 0.15) is 5.75 Å². The summed E-state index contributed by atoms with van der Waals surface area (Å²) < 4.78 is 10.4. The fourth-order valence-corrected chi connectivity index (χ4v) is 6.28. The Balaban J connectivity index is 1.58. The number of hydrogen-bond acceptors (Lipinski definition) is 5. The maximum atomic E-state index is 12.7. The summed E-state index contributed by atoms with van der Waals surface area (Å²) in [5.41, 5.74) is 6.56. The second kappa shape index (κ2) is 8.96. The van der Waals surface area contributed by atoms with Crippen molar-refractivity contribution in [3.8, 4) is 10.9 Å². The van der Waals surface area contributed by atoms with E-state index in [0.717, 1.165) is 58.1 Å². The van der Waals surface area contributed by atoms with Crippen molar-refractivity contribution >= 4 is 65.0 Å². The van der Waals surface area contributed by atoms with Crippen LogP contribution < -0.4 is 10.1 Å². The van der Waals surface area contributed by atoms with Crippen LogP contribution in [0.3, 0.4) is 0 Å². The number of nitrogens with zero attached hydrogens (tertiary/aromatic N) is 3. The molecule has 0 unspecified atom stereocenters. The number of rotatable bonds is 5. The number of aromatic nitrogens is 3. The largest absolute Gasteiger partial charge is 0.482 e. The lowest BCUT2D eigenvalue weighted by molar-refractivity contribution is -0.118. The summed E-state index contributed by atoms with van der Waals surface area (Å²) in [6.45, 7) is 9.82. The van der Waals surface area contributed by atoms with Crippen LogP contribution >= 0.6 is 43.2 Å². The average Bonchev–Trinajstić information content (AvgIpc) is 3.26. The van der Waals surface area contributed by atoms with Gasteiger partial charge < -0.3 is 10.1 Å². The van der Waals surface area contributed by atoms with E-state index in [0.29, 0.717) is 5.75 Å². The molecule has 1 N–H and O–H groups in total. The molecule has 0 aliphatic carbocycles. The molecule has 0 saturated heterocycles. The highest BCUT2D eigenvalue weighted by Gasteiger charge is 2.17. The third-order valence-electron chi connectivity index (χ3n) is 5.10. The van der Waals surface area contributed by atoms with E-state index in [1.54, 1.807) is 11.3 Å². The van der Waals surface area contributed by atoms with E-state index in [1.807, 2.05) is 63.6 Å². The summed E-state index contributed by atoms with van der Waals surface area (Å²) in [4.78, 5) is 17.5. The molecule has 4 rings (SSSR count). The van der Waals surface area contributed by atoms with E-state index in [1.165, 1.54) is 0 Å². The van der Waals surface area contributed by atoms with E-state index in [-0.39, 0.29) is 12.5 Å². The molecule has 2 heterocycles. The van der Waals surface area contributed by atoms with Gasteiger partial charge in [-0.3, -0.25) is 4.79 Å². The predicted molar refractivity (Wildman–Crippen MR) is 136 cm³/mol. The summed E-state index contributed by atoms with van der Waals surface area (Å²) in [7, 11) is 0. The third kappa shape index (κ3) is 4.46. The van der Waals surface area contributed by atoms with Gasteiger partial charge in [-0.05, 0) is 91.5 Å². The molecule has 1 amide bonds. The molecule has 0 radical (unpaired) electrons. The zero-order valence-corrected chi connectivity index (χ0v) is 22.3. The highest BCUT2D eigenvalue weighted by Crippen LogP contribution is 2.35. The Morgan fingerprint density at radius 3 is 2.50 bits per heavy atom. The van der Waals surface area contributed by atoms with Crippen molar-refractivity contribution in [1.29, 1.82) is 0 Å². The predicted octanol–water partition coefficient (Wildman–Crippen LogP) is 6.57. The molecule has 0 atom stereocenters. The smallest absolute Gasteiger partial charge is 0.262 e. The SMILES string of the molecule is Cc1cc(C)n(-c2nc3cc(C)c(NC(=O)COc4c(C)cc(Br)cc4Br)c(C)c3s2)n1. The first kappa shape index (κ1) is 22.9. The zero-order chi connectivity index (χ0) is 23.2. The summed E-state index contributed by atoms with van der Waals surface area (Å²) in [6.07, 6.45) is 0. The number of amides is 1. The van der Waals surface area contributed by atoms with Crippen LogP contribution in [0.5, 0.6) is 5.75 Å². The number of fused-ring (bicyclic) bond motifs is 1. The van der Waals surface area contributed by atoms with Crippen LogP contribution in [0, 0.1) is 34.6 Å². The quantitative estimate of drug-likeness (QED) is 0.291. The molecular weight excluding hydrogens is 556 g/mol. The summed E-state index contributed by atoms with van der Waals surface area (Å²) in [5, 5.41) is 8.38. The van der Waals surface area contributed by atoms with Gasteiger partial charge in [0.05, 0.1) is 20.4 Å². The third-order valence-corrected chi connectivity index (χ3v) is 7.32. The van der Waals surface area contributed by atoms with Gasteiger partial charge in [-0.15, -0.1) is 0 Å². The molecule has 0 aliphatic rings. The standard InChI is InChI=1S/C23H22Br2N4O2S/c1-11-7-18-22(32-23(26-18)29-14(4)8-13(3)28-29)15(5)20(11)27-19(30)10-31-21-12(2)6-16(24)9-17(21)25/h6-9H,10H2,1-5H3,(H,27,30). The lowest BCUT2D eigenvalue weighted by atomic mass is 10.1. The Morgan fingerprint density at radius 1 is 1.09 bits per heavy atom. The number of ether oxygens (including phenoxy) is 1. The highest BCUT2D eigenvalue weighted by molar-refractivity contribution is 9.11. The Morgan fingerprint density at radius 2 is 1.84 bits per heavy atom. The van der Waals surface area contributed by atoms with Crippen LogP contribution in [0.2, 0.25) is 0 Å². The lowest BCUT2D eigenvalue weighted by Crippen LogP contribution is -2.21. The molecule has 0 aliphatic heterocycles. The minimum atomic E-state index is -0.215. The van der Waals surface area contributed by atoms with Crippen molar-refractivity contribution in [1.82, 2.24) is 14.8 Å². The van der Waals surface area contributed by atoms with Gasteiger partial charge >= 0.3 is 0 Å². The van der Waals surface area contributed by atoms with Crippen LogP contribution in [-0.4, -0.2) is 27.3 Å². The van der Waals surface area contributed by atoms with Crippen LogP contribution in [0.1, 0.15) is 28.1 Å². The number of carbonyl (C=O) groups is 1. The molecule has 0 fully saturated rings. The number of halogens is 2. The van der Waals surface area contributed by atoms with Gasteiger partial charge in [-0.1, -0.05) is 27.3 Å². The van der Waals surface area contributed by atoms with E-state index >= 15 is 0 Å². The van der Waals surface area contributed by atoms with Gasteiger partial charge in [-0.25, -0.2) is 9.67 Å².